The Morgan fingerprint density at radius 3 is 2.42 bits per heavy atom. The minimum atomic E-state index is -0.202. The number of nitrogens with one attached hydrogen (secondary N) is 1. The molecule has 1 nitrogen and oxygen atoms in total. The van der Waals surface area contributed by atoms with Crippen molar-refractivity contribution in [2.24, 2.45) is 0 Å². The van der Waals surface area contributed by atoms with Crippen molar-refractivity contribution in [3.05, 3.63) is 58.3 Å². The number of benzene rings is 2. The third kappa shape index (κ3) is 4.34. The maximum absolute atomic E-state index is 12.8. The lowest BCUT2D eigenvalue weighted by molar-refractivity contribution is 0.626. The maximum atomic E-state index is 12.8. The van der Waals surface area contributed by atoms with Gasteiger partial charge in [0.25, 0.3) is 0 Å². The SMILES string of the molecule is CCNCc1ccc(Sc2ccc(F)cc2)cc1Br. The van der Waals surface area contributed by atoms with E-state index in [0.29, 0.717) is 0 Å². The van der Waals surface area contributed by atoms with Crippen LogP contribution in [-0.2, 0) is 6.54 Å². The quantitative estimate of drug-likeness (QED) is 0.835. The van der Waals surface area contributed by atoms with Gasteiger partial charge >= 0.3 is 0 Å². The summed E-state index contributed by atoms with van der Waals surface area (Å²) >= 11 is 5.21. The standard InChI is InChI=1S/C15H15BrFNS/c1-2-18-10-11-3-6-14(9-15(11)16)19-13-7-4-12(17)5-8-13/h3-9,18H,2,10H2,1H3. The van der Waals surface area contributed by atoms with Crippen molar-refractivity contribution in [1.29, 1.82) is 0 Å². The summed E-state index contributed by atoms with van der Waals surface area (Å²) in [5.41, 5.74) is 1.24. The van der Waals surface area contributed by atoms with Crippen LogP contribution in [0.4, 0.5) is 4.39 Å². The number of hydrogen-bond acceptors (Lipinski definition) is 2. The van der Waals surface area contributed by atoms with Gasteiger partial charge < -0.3 is 5.32 Å². The van der Waals surface area contributed by atoms with Crippen LogP contribution in [0.15, 0.2) is 56.7 Å². The van der Waals surface area contributed by atoms with Gasteiger partial charge in [-0.15, -0.1) is 0 Å². The van der Waals surface area contributed by atoms with E-state index in [-0.39, 0.29) is 5.82 Å². The lowest BCUT2D eigenvalue weighted by Gasteiger charge is -2.08. The highest BCUT2D eigenvalue weighted by molar-refractivity contribution is 9.10. The molecule has 0 unspecified atom stereocenters. The van der Waals surface area contributed by atoms with Crippen LogP contribution in [0, 0.1) is 5.82 Å². The molecular weight excluding hydrogens is 325 g/mol. The number of rotatable bonds is 5. The summed E-state index contributed by atoms with van der Waals surface area (Å²) < 4.78 is 13.9. The van der Waals surface area contributed by atoms with Crippen LogP contribution in [0.2, 0.25) is 0 Å². The topological polar surface area (TPSA) is 12.0 Å². The van der Waals surface area contributed by atoms with Crippen LogP contribution < -0.4 is 5.32 Å². The second-order valence-corrected chi connectivity index (χ2v) is 6.09. The van der Waals surface area contributed by atoms with Crippen LogP contribution in [0.25, 0.3) is 0 Å². The molecule has 100 valence electrons. The minimum Gasteiger partial charge on any atom is -0.313 e. The summed E-state index contributed by atoms with van der Waals surface area (Å²) in [7, 11) is 0. The first-order valence-electron chi connectivity index (χ1n) is 6.11. The van der Waals surface area contributed by atoms with E-state index in [1.807, 2.05) is 0 Å². The van der Waals surface area contributed by atoms with Gasteiger partial charge in [-0.25, -0.2) is 4.39 Å². The molecule has 0 aromatic heterocycles. The fourth-order valence-electron chi connectivity index (χ4n) is 1.63. The number of halogens is 2. The zero-order chi connectivity index (χ0) is 13.7. The van der Waals surface area contributed by atoms with Crippen LogP contribution in [0.3, 0.4) is 0 Å². The largest absolute Gasteiger partial charge is 0.313 e. The molecule has 0 atom stereocenters. The van der Waals surface area contributed by atoms with E-state index in [2.05, 4.69) is 46.4 Å². The second kappa shape index (κ2) is 7.08. The minimum absolute atomic E-state index is 0.202. The van der Waals surface area contributed by atoms with Crippen molar-refractivity contribution >= 4 is 27.7 Å². The molecule has 0 bridgehead atoms. The Morgan fingerprint density at radius 1 is 1.11 bits per heavy atom. The average molecular weight is 340 g/mol. The monoisotopic (exact) mass is 339 g/mol. The molecule has 4 heteroatoms. The van der Waals surface area contributed by atoms with Crippen molar-refractivity contribution in [2.45, 2.75) is 23.3 Å². The molecule has 0 heterocycles. The van der Waals surface area contributed by atoms with Gasteiger partial charge in [0.2, 0.25) is 0 Å². The fraction of sp³-hybridized carbons (Fsp3) is 0.200. The van der Waals surface area contributed by atoms with Crippen LogP contribution in [0.1, 0.15) is 12.5 Å². The first-order chi connectivity index (χ1) is 9.19. The van der Waals surface area contributed by atoms with Gasteiger partial charge in [-0.05, 0) is 48.5 Å². The van der Waals surface area contributed by atoms with E-state index in [9.17, 15) is 4.39 Å². The lowest BCUT2D eigenvalue weighted by Crippen LogP contribution is -2.11. The highest BCUT2D eigenvalue weighted by Crippen LogP contribution is 2.31. The number of hydrogen-bond donors (Lipinski definition) is 1. The van der Waals surface area contributed by atoms with E-state index >= 15 is 0 Å². The second-order valence-electron chi connectivity index (χ2n) is 4.09. The maximum Gasteiger partial charge on any atom is 0.123 e. The summed E-state index contributed by atoms with van der Waals surface area (Å²) in [5.74, 6) is -0.202. The molecule has 2 rings (SSSR count). The molecule has 0 fully saturated rings. The summed E-state index contributed by atoms with van der Waals surface area (Å²) in [6.45, 7) is 3.91. The first kappa shape index (κ1) is 14.6. The highest BCUT2D eigenvalue weighted by Gasteiger charge is 2.03. The molecule has 0 saturated carbocycles. The Hall–Kier alpha value is -0.840. The third-order valence-electron chi connectivity index (χ3n) is 2.64. The molecule has 19 heavy (non-hydrogen) atoms. The zero-order valence-corrected chi connectivity index (χ0v) is 13.0. The Balaban J connectivity index is 2.09. The lowest BCUT2D eigenvalue weighted by atomic mass is 10.2. The Labute approximate surface area is 125 Å². The van der Waals surface area contributed by atoms with Crippen LogP contribution in [-0.4, -0.2) is 6.54 Å². The fourth-order valence-corrected chi connectivity index (χ4v) is 3.16. The normalized spacial score (nSPS) is 10.7. The summed E-state index contributed by atoms with van der Waals surface area (Å²) in [6, 6.07) is 12.8. The molecule has 0 saturated heterocycles. The molecule has 0 radical (unpaired) electrons. The molecule has 2 aromatic carbocycles. The molecule has 0 aliphatic heterocycles. The summed E-state index contributed by atoms with van der Waals surface area (Å²) in [5, 5.41) is 3.30. The molecular formula is C15H15BrFNS. The van der Waals surface area contributed by atoms with Gasteiger partial charge in [0.05, 0.1) is 0 Å². The van der Waals surface area contributed by atoms with Gasteiger partial charge in [0.15, 0.2) is 0 Å². The van der Waals surface area contributed by atoms with E-state index in [0.717, 1.165) is 27.4 Å². The van der Waals surface area contributed by atoms with Crippen LogP contribution in [0.5, 0.6) is 0 Å². The van der Waals surface area contributed by atoms with Gasteiger partial charge in [-0.2, -0.15) is 0 Å². The molecule has 2 aromatic rings. The van der Waals surface area contributed by atoms with E-state index in [1.165, 1.54) is 17.7 Å². The molecule has 0 aliphatic rings. The van der Waals surface area contributed by atoms with Crippen molar-refractivity contribution < 1.29 is 4.39 Å². The van der Waals surface area contributed by atoms with E-state index in [4.69, 9.17) is 0 Å². The van der Waals surface area contributed by atoms with Gasteiger partial charge in [0, 0.05) is 20.8 Å². The van der Waals surface area contributed by atoms with Gasteiger partial charge in [0.1, 0.15) is 5.82 Å². The van der Waals surface area contributed by atoms with E-state index < -0.39 is 0 Å². The van der Waals surface area contributed by atoms with Crippen molar-refractivity contribution in [3.8, 4) is 0 Å². The van der Waals surface area contributed by atoms with Crippen LogP contribution >= 0.6 is 27.7 Å². The van der Waals surface area contributed by atoms with Crippen molar-refractivity contribution in [2.75, 3.05) is 6.54 Å². The third-order valence-corrected chi connectivity index (χ3v) is 4.38. The summed E-state index contributed by atoms with van der Waals surface area (Å²) in [6.07, 6.45) is 0. The Morgan fingerprint density at radius 2 is 1.79 bits per heavy atom. The molecule has 0 aliphatic carbocycles. The van der Waals surface area contributed by atoms with Crippen molar-refractivity contribution in [3.63, 3.8) is 0 Å². The predicted molar refractivity (Wildman–Crippen MR) is 82.0 cm³/mol. The zero-order valence-electron chi connectivity index (χ0n) is 10.6. The van der Waals surface area contributed by atoms with Gasteiger partial charge in [-0.3, -0.25) is 0 Å². The van der Waals surface area contributed by atoms with Gasteiger partial charge in [-0.1, -0.05) is 40.7 Å². The molecule has 0 spiro atoms. The smallest absolute Gasteiger partial charge is 0.123 e. The first-order valence-corrected chi connectivity index (χ1v) is 7.72. The molecule has 1 N–H and O–H groups in total. The van der Waals surface area contributed by atoms with Crippen molar-refractivity contribution in [1.82, 2.24) is 5.32 Å². The Kier molecular flexibility index (Phi) is 5.43. The molecule has 0 amide bonds. The predicted octanol–water partition coefficient (Wildman–Crippen LogP) is 4.85. The average Bonchev–Trinajstić information content (AvgIpc) is 2.41. The highest BCUT2D eigenvalue weighted by atomic mass is 79.9. The Bertz CT molecular complexity index is 542. The van der Waals surface area contributed by atoms with E-state index in [1.54, 1.807) is 23.9 Å². The summed E-state index contributed by atoms with van der Waals surface area (Å²) in [4.78, 5) is 2.17.